The molecule has 2 aliphatic rings. The van der Waals surface area contributed by atoms with Crippen LogP contribution in [0.3, 0.4) is 0 Å². The van der Waals surface area contributed by atoms with Crippen LogP contribution in [0, 0.1) is 0 Å². The van der Waals surface area contributed by atoms with Crippen molar-refractivity contribution in [1.29, 1.82) is 0 Å². The molecule has 0 unspecified atom stereocenters. The number of oxime groups is 1. The number of aliphatic carboxylic acids is 1. The van der Waals surface area contributed by atoms with Crippen LogP contribution in [0.15, 0.2) is 56.0 Å². The standard InChI is InChI=1S/C22H19N7O6S3/c1-35-28-13(12-8-37-21(23)24-12)17(31)26-14-18(32)29-15(20(33)34)9(6-36-19(14)29)7-38-22-25-11-5-3-2-4-10(11)16(30)27-22/h2-5,8,14,19H,6-7H2,1H3,(H2,23,24)(H,26,31)(H,33,34)(H,25,27,30)/t14-,19+/m1/s1. The number of hydrogen-bond donors (Lipinski definition) is 4. The van der Waals surface area contributed by atoms with Crippen LogP contribution in [0.1, 0.15) is 5.69 Å². The van der Waals surface area contributed by atoms with E-state index < -0.39 is 29.2 Å². The highest BCUT2D eigenvalue weighted by atomic mass is 32.2. The van der Waals surface area contributed by atoms with Gasteiger partial charge in [0.1, 0.15) is 29.9 Å². The van der Waals surface area contributed by atoms with E-state index in [0.29, 0.717) is 27.4 Å². The van der Waals surface area contributed by atoms with Crippen molar-refractivity contribution < 1.29 is 24.3 Å². The maximum Gasteiger partial charge on any atom is 0.352 e. The molecule has 16 heteroatoms. The summed E-state index contributed by atoms with van der Waals surface area (Å²) in [5, 5.41) is 18.2. The van der Waals surface area contributed by atoms with Gasteiger partial charge in [0.2, 0.25) is 0 Å². The number of nitrogens with one attached hydrogen (secondary N) is 2. The number of nitrogens with two attached hydrogens (primary N) is 1. The van der Waals surface area contributed by atoms with E-state index in [-0.39, 0.29) is 33.5 Å². The minimum Gasteiger partial charge on any atom is -0.477 e. The number of nitrogen functional groups attached to an aromatic ring is 1. The van der Waals surface area contributed by atoms with Crippen molar-refractivity contribution in [1.82, 2.24) is 25.2 Å². The van der Waals surface area contributed by atoms with Crippen molar-refractivity contribution in [2.24, 2.45) is 5.16 Å². The molecule has 0 bridgehead atoms. The third kappa shape index (κ3) is 4.72. The van der Waals surface area contributed by atoms with Crippen LogP contribution in [0.25, 0.3) is 10.9 Å². The first-order valence-electron chi connectivity index (χ1n) is 10.9. The minimum absolute atomic E-state index is 0.141. The number of benzene rings is 1. The van der Waals surface area contributed by atoms with Crippen molar-refractivity contribution in [3.05, 3.63) is 57.0 Å². The number of thiazole rings is 1. The summed E-state index contributed by atoms with van der Waals surface area (Å²) in [4.78, 5) is 67.5. The van der Waals surface area contributed by atoms with Gasteiger partial charge in [0.05, 0.1) is 10.9 Å². The molecule has 0 saturated carbocycles. The van der Waals surface area contributed by atoms with E-state index in [0.717, 1.165) is 11.3 Å². The fourth-order valence-corrected chi connectivity index (χ4v) is 6.89. The number of thioether (sulfide) groups is 2. The Morgan fingerprint density at radius 3 is 2.84 bits per heavy atom. The van der Waals surface area contributed by atoms with Crippen LogP contribution in [-0.2, 0) is 19.2 Å². The molecular formula is C22H19N7O6S3. The number of carboxylic acid groups (broad SMARTS) is 1. The summed E-state index contributed by atoms with van der Waals surface area (Å²) < 4.78 is 0. The summed E-state index contributed by atoms with van der Waals surface area (Å²) in [7, 11) is 1.27. The van der Waals surface area contributed by atoms with E-state index in [4.69, 9.17) is 10.6 Å². The van der Waals surface area contributed by atoms with Gasteiger partial charge in [-0.3, -0.25) is 19.3 Å². The molecule has 5 N–H and O–H groups in total. The lowest BCUT2D eigenvalue weighted by atomic mass is 10.0. The summed E-state index contributed by atoms with van der Waals surface area (Å²) in [6.07, 6.45) is 0. The highest BCUT2D eigenvalue weighted by Crippen LogP contribution is 2.41. The van der Waals surface area contributed by atoms with Crippen LogP contribution in [0.2, 0.25) is 0 Å². The van der Waals surface area contributed by atoms with Crippen molar-refractivity contribution >= 4 is 74.4 Å². The quantitative estimate of drug-likeness (QED) is 0.0981. The second kappa shape index (κ2) is 10.5. The first-order valence-corrected chi connectivity index (χ1v) is 13.8. The van der Waals surface area contributed by atoms with Gasteiger partial charge in [0.15, 0.2) is 16.0 Å². The van der Waals surface area contributed by atoms with Crippen LogP contribution < -0.4 is 16.6 Å². The first-order chi connectivity index (χ1) is 18.3. The van der Waals surface area contributed by atoms with Gasteiger partial charge in [-0.1, -0.05) is 29.1 Å². The van der Waals surface area contributed by atoms with Crippen molar-refractivity contribution in [2.45, 2.75) is 16.6 Å². The number of β-lactam (4-membered cyclic amide) rings is 1. The Hall–Kier alpha value is -3.89. The number of nitrogens with zero attached hydrogens (tertiary/aromatic N) is 4. The van der Waals surface area contributed by atoms with Crippen molar-refractivity contribution in [3.63, 3.8) is 0 Å². The molecule has 1 saturated heterocycles. The largest absolute Gasteiger partial charge is 0.477 e. The fraction of sp³-hybridized carbons (Fsp3) is 0.227. The summed E-state index contributed by atoms with van der Waals surface area (Å²) >= 11 is 3.61. The van der Waals surface area contributed by atoms with Gasteiger partial charge in [-0.25, -0.2) is 14.8 Å². The zero-order valence-electron chi connectivity index (χ0n) is 19.5. The van der Waals surface area contributed by atoms with Gasteiger partial charge in [-0.2, -0.15) is 0 Å². The van der Waals surface area contributed by atoms with E-state index in [2.05, 4.69) is 25.4 Å². The predicted molar refractivity (Wildman–Crippen MR) is 143 cm³/mol. The first kappa shape index (κ1) is 25.7. The molecular weight excluding hydrogens is 554 g/mol. The number of fused-ring (bicyclic) bond motifs is 2. The third-order valence-corrected chi connectivity index (χ3v) is 8.65. The van der Waals surface area contributed by atoms with Gasteiger partial charge in [0.25, 0.3) is 17.4 Å². The van der Waals surface area contributed by atoms with Crippen LogP contribution >= 0.6 is 34.9 Å². The number of aromatic amines is 1. The van der Waals surface area contributed by atoms with Gasteiger partial charge >= 0.3 is 5.97 Å². The van der Waals surface area contributed by atoms with E-state index >= 15 is 0 Å². The van der Waals surface area contributed by atoms with Crippen molar-refractivity contribution in [3.8, 4) is 0 Å². The van der Waals surface area contributed by atoms with E-state index in [1.165, 1.54) is 40.9 Å². The van der Waals surface area contributed by atoms with Gasteiger partial charge < -0.3 is 26.0 Å². The molecule has 1 fully saturated rings. The van der Waals surface area contributed by atoms with E-state index in [1.54, 1.807) is 24.3 Å². The normalized spacial score (nSPS) is 19.2. The molecule has 4 heterocycles. The summed E-state index contributed by atoms with van der Waals surface area (Å²) in [6, 6.07) is 5.93. The molecule has 2 amide bonds. The molecule has 0 radical (unpaired) electrons. The molecule has 196 valence electrons. The Balaban J connectivity index is 1.32. The number of amides is 2. The Kier molecular flexibility index (Phi) is 7.09. The van der Waals surface area contributed by atoms with Gasteiger partial charge in [-0.15, -0.1) is 23.1 Å². The second-order valence-corrected chi connectivity index (χ2v) is 10.9. The molecule has 1 aromatic carbocycles. The topological polar surface area (TPSA) is 193 Å². The molecule has 2 aliphatic heterocycles. The predicted octanol–water partition coefficient (Wildman–Crippen LogP) is 0.843. The zero-order chi connectivity index (χ0) is 27.0. The molecule has 2 aromatic heterocycles. The SMILES string of the molecule is CON=C(C(=O)N[C@@H]1C(=O)N2C(C(=O)O)=C(CSc3nc4ccccc4c(=O)[nH]3)CS[C@@H]12)c1csc(N)n1. The maximum absolute atomic E-state index is 13.0. The zero-order valence-corrected chi connectivity index (χ0v) is 22.0. The average Bonchev–Trinajstić information content (AvgIpc) is 3.33. The highest BCUT2D eigenvalue weighted by molar-refractivity contribution is 8.01. The number of para-hydroxylation sites is 1. The second-order valence-electron chi connectivity index (χ2n) is 7.99. The summed E-state index contributed by atoms with van der Waals surface area (Å²) in [5.74, 6) is -2.04. The molecule has 2 atom stereocenters. The van der Waals surface area contributed by atoms with Crippen LogP contribution in [0.5, 0.6) is 0 Å². The molecule has 38 heavy (non-hydrogen) atoms. The average molecular weight is 574 g/mol. The van der Waals surface area contributed by atoms with Gasteiger partial charge in [0, 0.05) is 16.9 Å². The lowest BCUT2D eigenvalue weighted by Crippen LogP contribution is -2.71. The monoisotopic (exact) mass is 573 g/mol. The van der Waals surface area contributed by atoms with Crippen LogP contribution in [0.4, 0.5) is 5.13 Å². The highest BCUT2D eigenvalue weighted by Gasteiger charge is 2.54. The number of carbonyl (C=O) groups is 3. The summed E-state index contributed by atoms with van der Waals surface area (Å²) in [6.45, 7) is 0. The van der Waals surface area contributed by atoms with Crippen molar-refractivity contribution in [2.75, 3.05) is 24.3 Å². The third-order valence-electron chi connectivity index (χ3n) is 5.67. The smallest absolute Gasteiger partial charge is 0.352 e. The number of anilines is 1. The number of carboxylic acids is 1. The molecule has 13 nitrogen and oxygen atoms in total. The molecule has 5 rings (SSSR count). The molecule has 0 aliphatic carbocycles. The van der Waals surface area contributed by atoms with Gasteiger partial charge in [-0.05, 0) is 17.7 Å². The molecule has 3 aromatic rings. The minimum atomic E-state index is -1.26. The fourth-order valence-electron chi connectivity index (χ4n) is 3.98. The Morgan fingerprint density at radius 1 is 1.34 bits per heavy atom. The number of rotatable bonds is 8. The lowest BCUT2D eigenvalue weighted by molar-refractivity contribution is -0.150. The number of carbonyl (C=O) groups excluding carboxylic acids is 2. The van der Waals surface area contributed by atoms with E-state index in [1.807, 2.05) is 0 Å². The number of hydrogen-bond acceptors (Lipinski definition) is 12. The van der Waals surface area contributed by atoms with Crippen LogP contribution in [-0.4, -0.2) is 78.5 Å². The summed E-state index contributed by atoms with van der Waals surface area (Å²) in [5.41, 5.74) is 6.27. The lowest BCUT2D eigenvalue weighted by Gasteiger charge is -2.49. The molecule has 0 spiro atoms. The Bertz CT molecular complexity index is 1580. The maximum atomic E-state index is 13.0. The number of aromatic nitrogens is 3. The Morgan fingerprint density at radius 2 is 2.13 bits per heavy atom. The number of H-pyrrole nitrogens is 1. The Labute approximate surface area is 226 Å². The van der Waals surface area contributed by atoms with E-state index in [9.17, 15) is 24.3 Å².